The number of rotatable bonds is 6. The van der Waals surface area contributed by atoms with E-state index in [1.54, 1.807) is 45.8 Å². The summed E-state index contributed by atoms with van der Waals surface area (Å²) in [5.74, 6) is 1.49. The topological polar surface area (TPSA) is 67.1 Å². The molecule has 3 aromatic rings. The van der Waals surface area contributed by atoms with Gasteiger partial charge in [0.25, 0.3) is 0 Å². The number of hydrogen-bond acceptors (Lipinski definition) is 6. The summed E-state index contributed by atoms with van der Waals surface area (Å²) >= 11 is 0. The molecule has 1 aromatic heterocycles. The van der Waals surface area contributed by atoms with Gasteiger partial charge in [0.2, 0.25) is 0 Å². The van der Waals surface area contributed by atoms with Gasteiger partial charge < -0.3 is 23.4 Å². The minimum absolute atomic E-state index is 0.0419. The molecule has 6 nitrogen and oxygen atoms in total. The van der Waals surface area contributed by atoms with Gasteiger partial charge in [0.05, 0.1) is 33.2 Å². The second-order valence-electron chi connectivity index (χ2n) is 7.46. The summed E-state index contributed by atoms with van der Waals surface area (Å²) in [6, 6.07) is 9.05. The number of fused-ring (bicyclic) bond motifs is 1. The van der Waals surface area contributed by atoms with Crippen molar-refractivity contribution < 1.29 is 28.2 Å². The molecule has 0 spiro atoms. The van der Waals surface area contributed by atoms with Crippen LogP contribution < -0.4 is 14.2 Å². The lowest BCUT2D eigenvalue weighted by atomic mass is 9.97. The first-order chi connectivity index (χ1) is 14.6. The second-order valence-corrected chi connectivity index (χ2v) is 7.46. The van der Waals surface area contributed by atoms with Crippen LogP contribution >= 0.6 is 0 Å². The first kappa shape index (κ1) is 20.1. The molecule has 0 amide bonds. The van der Waals surface area contributed by atoms with Crippen molar-refractivity contribution in [3.63, 3.8) is 0 Å². The van der Waals surface area contributed by atoms with Crippen molar-refractivity contribution in [2.24, 2.45) is 0 Å². The van der Waals surface area contributed by atoms with Gasteiger partial charge in [-0.25, -0.2) is 4.79 Å². The molecule has 1 aliphatic rings. The Morgan fingerprint density at radius 1 is 0.867 bits per heavy atom. The minimum atomic E-state index is -0.358. The van der Waals surface area contributed by atoms with E-state index in [-0.39, 0.29) is 12.1 Å². The maximum Gasteiger partial charge on any atom is 0.339 e. The highest BCUT2D eigenvalue weighted by Crippen LogP contribution is 2.39. The maximum atomic E-state index is 13.2. The molecule has 4 rings (SSSR count). The Balaban J connectivity index is 1.81. The van der Waals surface area contributed by atoms with Gasteiger partial charge in [-0.15, -0.1) is 0 Å². The molecule has 0 saturated heterocycles. The molecule has 0 atom stereocenters. The van der Waals surface area contributed by atoms with E-state index in [0.29, 0.717) is 33.8 Å². The summed E-state index contributed by atoms with van der Waals surface area (Å²) in [7, 11) is 4.77. The smallest absolute Gasteiger partial charge is 0.339 e. The fourth-order valence-corrected chi connectivity index (χ4v) is 3.99. The molecule has 1 saturated carbocycles. The maximum absolute atomic E-state index is 13.2. The summed E-state index contributed by atoms with van der Waals surface area (Å²) in [5, 5.41) is 0.687. The average Bonchev–Trinajstić information content (AvgIpc) is 3.22. The van der Waals surface area contributed by atoms with Crippen molar-refractivity contribution >= 4 is 16.9 Å². The number of hydrogen-bond donors (Lipinski definition) is 0. The van der Waals surface area contributed by atoms with Crippen molar-refractivity contribution in [3.8, 4) is 28.4 Å². The van der Waals surface area contributed by atoms with Crippen molar-refractivity contribution in [1.82, 2.24) is 0 Å². The molecular weight excluding hydrogens is 384 g/mol. The van der Waals surface area contributed by atoms with Gasteiger partial charge in [-0.2, -0.15) is 0 Å². The summed E-state index contributed by atoms with van der Waals surface area (Å²) in [4.78, 5) is 13.2. The van der Waals surface area contributed by atoms with Gasteiger partial charge in [-0.1, -0.05) is 6.42 Å². The van der Waals surface area contributed by atoms with Crippen LogP contribution in [0.5, 0.6) is 17.2 Å². The number of carbonyl (C=O) groups excluding carboxylic acids is 1. The van der Waals surface area contributed by atoms with E-state index in [1.807, 2.05) is 12.1 Å². The number of carbonyl (C=O) groups is 1. The molecule has 0 aliphatic heterocycles. The molecule has 0 N–H and O–H groups in total. The Kier molecular flexibility index (Phi) is 5.84. The second kappa shape index (κ2) is 8.69. The Labute approximate surface area is 175 Å². The molecule has 1 heterocycles. The Bertz CT molecular complexity index is 1020. The normalized spacial score (nSPS) is 14.5. The van der Waals surface area contributed by atoms with Gasteiger partial charge >= 0.3 is 5.97 Å². The van der Waals surface area contributed by atoms with E-state index < -0.39 is 0 Å². The van der Waals surface area contributed by atoms with Crippen molar-refractivity contribution in [3.05, 3.63) is 42.2 Å². The number of benzene rings is 2. The highest BCUT2D eigenvalue weighted by Gasteiger charge is 2.24. The van der Waals surface area contributed by atoms with Gasteiger partial charge in [-0.05, 0) is 49.4 Å². The predicted octanol–water partition coefficient (Wildman–Crippen LogP) is 5.62. The molecule has 30 heavy (non-hydrogen) atoms. The Morgan fingerprint density at radius 3 is 2.13 bits per heavy atom. The van der Waals surface area contributed by atoms with Crippen LogP contribution in [0.4, 0.5) is 0 Å². The van der Waals surface area contributed by atoms with E-state index in [9.17, 15) is 4.79 Å². The van der Waals surface area contributed by atoms with E-state index in [1.165, 1.54) is 6.42 Å². The van der Waals surface area contributed by atoms with Crippen LogP contribution in [0, 0.1) is 0 Å². The molecule has 0 bridgehead atoms. The zero-order valence-electron chi connectivity index (χ0n) is 17.5. The van der Waals surface area contributed by atoms with Crippen LogP contribution in [-0.2, 0) is 4.74 Å². The summed E-state index contributed by atoms with van der Waals surface area (Å²) in [6.45, 7) is 0. The Morgan fingerprint density at radius 2 is 1.50 bits per heavy atom. The molecule has 1 aliphatic carbocycles. The number of furan rings is 1. The van der Waals surface area contributed by atoms with Crippen LogP contribution in [0.3, 0.4) is 0 Å². The SMILES string of the molecule is COc1cc(OC)cc(-c2coc3cc(OC)cc(C(=O)OC4CCCCC4)c23)c1. The zero-order valence-corrected chi connectivity index (χ0v) is 17.5. The highest BCUT2D eigenvalue weighted by molar-refractivity contribution is 6.10. The average molecular weight is 410 g/mol. The number of methoxy groups -OCH3 is 3. The standard InChI is InChI=1S/C24H26O6/c1-26-17-9-15(10-18(11-17)27-2)21-14-29-22-13-19(28-3)12-20(23(21)22)24(25)30-16-7-5-4-6-8-16/h9-14,16H,4-8H2,1-3H3. The minimum Gasteiger partial charge on any atom is -0.497 e. The van der Waals surface area contributed by atoms with Crippen molar-refractivity contribution in [2.45, 2.75) is 38.2 Å². The van der Waals surface area contributed by atoms with Gasteiger partial charge in [0.1, 0.15) is 28.9 Å². The van der Waals surface area contributed by atoms with Crippen LogP contribution in [0.2, 0.25) is 0 Å². The lowest BCUT2D eigenvalue weighted by Gasteiger charge is -2.22. The van der Waals surface area contributed by atoms with Gasteiger partial charge in [-0.3, -0.25) is 0 Å². The van der Waals surface area contributed by atoms with Crippen molar-refractivity contribution in [1.29, 1.82) is 0 Å². The number of esters is 1. The monoisotopic (exact) mass is 410 g/mol. The predicted molar refractivity (Wildman–Crippen MR) is 114 cm³/mol. The first-order valence-corrected chi connectivity index (χ1v) is 10.2. The highest BCUT2D eigenvalue weighted by atomic mass is 16.5. The molecule has 2 aromatic carbocycles. The third kappa shape index (κ3) is 3.95. The van der Waals surface area contributed by atoms with E-state index in [4.69, 9.17) is 23.4 Å². The lowest BCUT2D eigenvalue weighted by molar-refractivity contribution is 0.0213. The third-order valence-electron chi connectivity index (χ3n) is 5.59. The largest absolute Gasteiger partial charge is 0.497 e. The van der Waals surface area contributed by atoms with Crippen LogP contribution in [0.1, 0.15) is 42.5 Å². The molecule has 1 fully saturated rings. The number of ether oxygens (including phenoxy) is 4. The van der Waals surface area contributed by atoms with Crippen LogP contribution in [0.25, 0.3) is 22.1 Å². The molecule has 6 heteroatoms. The van der Waals surface area contributed by atoms with Gasteiger partial charge in [0, 0.05) is 23.1 Å². The summed E-state index contributed by atoms with van der Waals surface area (Å²) in [6.07, 6.45) is 6.78. The summed E-state index contributed by atoms with van der Waals surface area (Å²) in [5.41, 5.74) is 2.57. The Hall–Kier alpha value is -3.15. The fraction of sp³-hybridized carbons (Fsp3) is 0.375. The molecule has 158 valence electrons. The van der Waals surface area contributed by atoms with Crippen LogP contribution in [-0.4, -0.2) is 33.4 Å². The lowest BCUT2D eigenvalue weighted by Crippen LogP contribution is -2.21. The van der Waals surface area contributed by atoms with E-state index >= 15 is 0 Å². The first-order valence-electron chi connectivity index (χ1n) is 10.2. The molecular formula is C24H26O6. The zero-order chi connectivity index (χ0) is 21.1. The van der Waals surface area contributed by atoms with E-state index in [0.717, 1.165) is 36.8 Å². The third-order valence-corrected chi connectivity index (χ3v) is 5.59. The quantitative estimate of drug-likeness (QED) is 0.492. The van der Waals surface area contributed by atoms with Crippen molar-refractivity contribution in [2.75, 3.05) is 21.3 Å². The summed E-state index contributed by atoms with van der Waals surface area (Å²) < 4.78 is 27.8. The molecule has 0 unspecified atom stereocenters. The molecule has 0 radical (unpaired) electrons. The fourth-order valence-electron chi connectivity index (χ4n) is 3.99. The van der Waals surface area contributed by atoms with Gasteiger partial charge in [0.15, 0.2) is 0 Å². The van der Waals surface area contributed by atoms with Crippen LogP contribution in [0.15, 0.2) is 41.0 Å². The van der Waals surface area contributed by atoms with E-state index in [2.05, 4.69) is 0 Å².